The van der Waals surface area contributed by atoms with Crippen molar-refractivity contribution in [2.45, 2.75) is 18.5 Å². The molecule has 2 aromatic heterocycles. The Morgan fingerprint density at radius 3 is 2.62 bits per heavy atom. The molecule has 2 aliphatic heterocycles. The molecule has 2 bridgehead atoms. The van der Waals surface area contributed by atoms with Gasteiger partial charge < -0.3 is 14.0 Å². The summed E-state index contributed by atoms with van der Waals surface area (Å²) < 4.78 is 68.6. The molecule has 6 rings (SSSR count). The fraction of sp³-hybridized carbons (Fsp3) is 0.240. The fourth-order valence-corrected chi connectivity index (χ4v) is 5.78. The zero-order chi connectivity index (χ0) is 26.4. The van der Waals surface area contributed by atoms with Gasteiger partial charge in [0.15, 0.2) is 0 Å². The largest absolute Gasteiger partial charge is 0.331 e. The predicted molar refractivity (Wildman–Crippen MR) is 126 cm³/mol. The first-order valence-corrected chi connectivity index (χ1v) is 13.3. The normalized spacial score (nSPS) is 21.0. The van der Waals surface area contributed by atoms with Gasteiger partial charge >= 0.3 is 0 Å². The van der Waals surface area contributed by atoms with Crippen LogP contribution < -0.4 is 5.44 Å². The molecule has 2 aromatic carbocycles. The topological polar surface area (TPSA) is 68.1 Å². The lowest BCUT2D eigenvalue weighted by atomic mass is 9.98. The van der Waals surface area contributed by atoms with Crippen molar-refractivity contribution in [2.75, 3.05) is 20.3 Å². The Morgan fingerprint density at radius 1 is 1.09 bits per heavy atom. The zero-order valence-electron chi connectivity index (χ0n) is 21.3. The number of aromatic nitrogens is 3. The van der Waals surface area contributed by atoms with Crippen molar-refractivity contribution in [1.29, 1.82) is 0 Å². The van der Waals surface area contributed by atoms with Gasteiger partial charge in [-0.25, -0.2) is 13.8 Å². The van der Waals surface area contributed by atoms with E-state index >= 15 is 8.78 Å². The number of fused-ring (bicyclic) bond motifs is 9. The van der Waals surface area contributed by atoms with E-state index in [1.807, 2.05) is 0 Å². The molecule has 2 aliphatic rings. The summed E-state index contributed by atoms with van der Waals surface area (Å²) in [6.07, 6.45) is 1.58. The zero-order valence-corrected chi connectivity index (χ0v) is 19.2. The monoisotopic (exact) mass is 481 g/mol. The van der Waals surface area contributed by atoms with Crippen LogP contribution in [0.4, 0.5) is 8.78 Å². The lowest BCUT2D eigenvalue weighted by Crippen LogP contribution is -2.30. The number of carbonyl (C=O) groups excluding carboxylic acids is 1. The van der Waals surface area contributed by atoms with E-state index in [1.54, 1.807) is 36.1 Å². The van der Waals surface area contributed by atoms with Crippen molar-refractivity contribution in [2.24, 2.45) is 0 Å². The Hall–Kier alpha value is -3.38. The molecular weight excluding hydrogens is 457 g/mol. The Morgan fingerprint density at radius 2 is 1.91 bits per heavy atom. The third-order valence-corrected chi connectivity index (χ3v) is 7.99. The van der Waals surface area contributed by atoms with Crippen molar-refractivity contribution in [1.82, 2.24) is 19.4 Å². The molecule has 172 valence electrons. The molecule has 34 heavy (non-hydrogen) atoms. The summed E-state index contributed by atoms with van der Waals surface area (Å²) in [5.41, 5.74) is 1.93. The second-order valence-electron chi connectivity index (χ2n) is 9.06. The average molecular weight is 481 g/mol. The van der Waals surface area contributed by atoms with Crippen LogP contribution in [0.1, 0.15) is 44.4 Å². The molecule has 2 atom stereocenters. The average Bonchev–Trinajstić information content (AvgIpc) is 3.29. The van der Waals surface area contributed by atoms with Crippen LogP contribution in [-0.4, -0.2) is 45.6 Å². The summed E-state index contributed by atoms with van der Waals surface area (Å²) in [5.74, 6) is -1.72. The van der Waals surface area contributed by atoms with E-state index in [9.17, 15) is 9.36 Å². The maximum absolute atomic E-state index is 15.3. The van der Waals surface area contributed by atoms with Crippen LogP contribution >= 0.6 is 7.14 Å². The van der Waals surface area contributed by atoms with Gasteiger partial charge in [0.2, 0.25) is 0 Å². The standard InChI is InChI=1S/C25H21F2N4O2P/c1-30-21-11-20(23-14(25(30)32)5-4-6-16(23)26)31-19-9-15(17(27)10-18(19)29-24(21)31)13-7-8-22(28-12-13)34(2,3)33/h4-10,12,20-21H,11H2,1-3H3/t20-,21-/m1/s1/i1D3. The van der Waals surface area contributed by atoms with Gasteiger partial charge in [0, 0.05) is 52.0 Å². The summed E-state index contributed by atoms with van der Waals surface area (Å²) in [6, 6.07) is 8.45. The van der Waals surface area contributed by atoms with E-state index in [4.69, 9.17) is 4.11 Å². The Kier molecular flexibility index (Phi) is 3.74. The molecule has 4 aromatic rings. The molecule has 9 heteroatoms. The molecule has 0 unspecified atom stereocenters. The van der Waals surface area contributed by atoms with E-state index in [0.717, 1.165) is 4.90 Å². The molecule has 4 heterocycles. The number of hydrogen-bond donors (Lipinski definition) is 0. The van der Waals surface area contributed by atoms with Crippen LogP contribution in [-0.2, 0) is 4.57 Å². The molecule has 0 saturated carbocycles. The number of hydrogen-bond acceptors (Lipinski definition) is 4. The van der Waals surface area contributed by atoms with Gasteiger partial charge in [-0.15, -0.1) is 0 Å². The lowest BCUT2D eigenvalue weighted by molar-refractivity contribution is 0.0734. The van der Waals surface area contributed by atoms with E-state index in [0.29, 0.717) is 16.5 Å². The molecule has 0 aliphatic carbocycles. The maximum Gasteiger partial charge on any atom is 0.254 e. The van der Waals surface area contributed by atoms with Gasteiger partial charge in [-0.3, -0.25) is 9.78 Å². The minimum atomic E-state index is -2.80. The van der Waals surface area contributed by atoms with E-state index in [-0.39, 0.29) is 34.5 Å². The predicted octanol–water partition coefficient (Wildman–Crippen LogP) is 4.74. The van der Waals surface area contributed by atoms with Crippen LogP contribution in [0, 0.1) is 11.6 Å². The number of rotatable bonds is 2. The van der Waals surface area contributed by atoms with Crippen molar-refractivity contribution in [3.63, 3.8) is 0 Å². The second-order valence-corrected chi connectivity index (χ2v) is 12.2. The number of nitrogens with zero attached hydrogens (tertiary/aromatic N) is 4. The lowest BCUT2D eigenvalue weighted by Gasteiger charge is -2.23. The highest BCUT2D eigenvalue weighted by Gasteiger charge is 2.44. The molecule has 0 fully saturated rings. The minimum Gasteiger partial charge on any atom is -0.331 e. The van der Waals surface area contributed by atoms with Crippen LogP contribution in [0.5, 0.6) is 0 Å². The highest BCUT2D eigenvalue weighted by molar-refractivity contribution is 7.69. The summed E-state index contributed by atoms with van der Waals surface area (Å²) >= 11 is 0. The number of benzene rings is 2. The van der Waals surface area contributed by atoms with Gasteiger partial charge in [0.25, 0.3) is 5.91 Å². The number of amides is 1. The SMILES string of the molecule is [2H]C([2H])([2H])N1C(=O)c2cccc(F)c2[C@H]2C[C@@H]1c1nc3cc(F)c(-c4ccc(P(C)(C)=O)nc4)cc3n12. The van der Waals surface area contributed by atoms with Crippen LogP contribution in [0.15, 0.2) is 48.7 Å². The Balaban J connectivity index is 1.59. The summed E-state index contributed by atoms with van der Waals surface area (Å²) in [7, 11) is -2.59. The highest BCUT2D eigenvalue weighted by Crippen LogP contribution is 2.48. The quantitative estimate of drug-likeness (QED) is 0.388. The number of halogens is 2. The van der Waals surface area contributed by atoms with Gasteiger partial charge in [-0.1, -0.05) is 12.1 Å². The molecule has 0 spiro atoms. The molecule has 0 saturated heterocycles. The van der Waals surface area contributed by atoms with Crippen molar-refractivity contribution in [3.05, 3.63) is 77.2 Å². The van der Waals surface area contributed by atoms with Gasteiger partial charge in [-0.05, 0) is 37.6 Å². The number of pyridine rings is 1. The number of imidazole rings is 1. The van der Waals surface area contributed by atoms with Crippen molar-refractivity contribution < 1.29 is 22.3 Å². The van der Waals surface area contributed by atoms with Gasteiger partial charge in [-0.2, -0.15) is 0 Å². The first-order chi connectivity index (χ1) is 17.4. The molecule has 0 radical (unpaired) electrons. The number of carbonyl (C=O) groups is 1. The van der Waals surface area contributed by atoms with E-state index < -0.39 is 43.7 Å². The van der Waals surface area contributed by atoms with Crippen molar-refractivity contribution >= 4 is 29.5 Å². The van der Waals surface area contributed by atoms with E-state index in [2.05, 4.69) is 9.97 Å². The third kappa shape index (κ3) is 2.91. The molecular formula is C25H21F2N4O2P. The summed E-state index contributed by atoms with van der Waals surface area (Å²) in [5, 5.41) is 0. The molecule has 6 nitrogen and oxygen atoms in total. The second kappa shape index (κ2) is 7.06. The van der Waals surface area contributed by atoms with Crippen LogP contribution in [0.25, 0.3) is 22.2 Å². The smallest absolute Gasteiger partial charge is 0.254 e. The molecule has 1 amide bonds. The summed E-state index contributed by atoms with van der Waals surface area (Å²) in [6.45, 7) is 0.402. The van der Waals surface area contributed by atoms with Gasteiger partial charge in [0.05, 0.1) is 28.6 Å². The Labute approximate surface area is 198 Å². The van der Waals surface area contributed by atoms with E-state index in [1.165, 1.54) is 30.5 Å². The summed E-state index contributed by atoms with van der Waals surface area (Å²) in [4.78, 5) is 22.9. The maximum atomic E-state index is 15.3. The first kappa shape index (κ1) is 18.0. The Bertz CT molecular complexity index is 1660. The highest BCUT2D eigenvalue weighted by atomic mass is 31.2. The van der Waals surface area contributed by atoms with Crippen LogP contribution in [0.2, 0.25) is 0 Å². The van der Waals surface area contributed by atoms with Gasteiger partial charge in [0.1, 0.15) is 24.6 Å². The van der Waals surface area contributed by atoms with Crippen molar-refractivity contribution in [3.8, 4) is 11.1 Å². The van der Waals surface area contributed by atoms with Crippen LogP contribution in [0.3, 0.4) is 0 Å². The first-order valence-electron chi connectivity index (χ1n) is 12.2. The minimum absolute atomic E-state index is 0.0122. The fourth-order valence-electron chi connectivity index (χ4n) is 5.01. The third-order valence-electron chi connectivity index (χ3n) is 6.62. The molecule has 0 N–H and O–H groups in total.